The van der Waals surface area contributed by atoms with Crippen LogP contribution in [0.2, 0.25) is 0 Å². The first kappa shape index (κ1) is 8.89. The Bertz CT molecular complexity index is 254. The summed E-state index contributed by atoms with van der Waals surface area (Å²) in [6, 6.07) is 5.90. The molecule has 0 aliphatic heterocycles. The SMILES string of the molecule is Cc1cccc([C](Cl)Cl)c1C. The van der Waals surface area contributed by atoms with Gasteiger partial charge in [-0.05, 0) is 30.5 Å². The number of hydrogen-bond donors (Lipinski definition) is 0. The molecular formula is C9H9Cl2. The number of rotatable bonds is 1. The second-order valence-corrected chi connectivity index (χ2v) is 3.46. The molecule has 0 fully saturated rings. The Balaban J connectivity index is 3.17. The number of halogens is 2. The Hall–Kier alpha value is -0.200. The first-order chi connectivity index (χ1) is 5.13. The minimum absolute atomic E-state index is 0.339. The van der Waals surface area contributed by atoms with Crippen molar-refractivity contribution in [2.75, 3.05) is 0 Å². The van der Waals surface area contributed by atoms with E-state index in [4.69, 9.17) is 23.2 Å². The van der Waals surface area contributed by atoms with E-state index in [1.165, 1.54) is 5.56 Å². The molecule has 1 aromatic rings. The van der Waals surface area contributed by atoms with E-state index in [9.17, 15) is 0 Å². The molecule has 0 aliphatic carbocycles. The minimum Gasteiger partial charge on any atom is -0.0925 e. The van der Waals surface area contributed by atoms with Crippen molar-refractivity contribution in [2.45, 2.75) is 13.8 Å². The van der Waals surface area contributed by atoms with Crippen LogP contribution in [0.25, 0.3) is 0 Å². The monoisotopic (exact) mass is 187 g/mol. The van der Waals surface area contributed by atoms with E-state index in [0.717, 1.165) is 11.1 Å². The summed E-state index contributed by atoms with van der Waals surface area (Å²) in [6.07, 6.45) is 0. The molecule has 0 heterocycles. The van der Waals surface area contributed by atoms with Gasteiger partial charge in [0.25, 0.3) is 0 Å². The molecule has 0 saturated carbocycles. The van der Waals surface area contributed by atoms with E-state index >= 15 is 0 Å². The highest BCUT2D eigenvalue weighted by Gasteiger charge is 2.08. The van der Waals surface area contributed by atoms with Gasteiger partial charge in [0.15, 0.2) is 4.84 Å². The fraction of sp³-hybridized carbons (Fsp3) is 0.222. The summed E-state index contributed by atoms with van der Waals surface area (Å²) in [5.41, 5.74) is 3.28. The van der Waals surface area contributed by atoms with Crippen LogP contribution in [0.4, 0.5) is 0 Å². The van der Waals surface area contributed by atoms with Crippen molar-refractivity contribution in [2.24, 2.45) is 0 Å². The third-order valence-electron chi connectivity index (χ3n) is 1.81. The molecular weight excluding hydrogens is 179 g/mol. The first-order valence-electron chi connectivity index (χ1n) is 3.37. The molecule has 0 aromatic heterocycles. The van der Waals surface area contributed by atoms with Gasteiger partial charge in [-0.1, -0.05) is 41.4 Å². The van der Waals surface area contributed by atoms with Crippen molar-refractivity contribution in [3.05, 3.63) is 39.7 Å². The highest BCUT2D eigenvalue weighted by Crippen LogP contribution is 2.27. The molecule has 0 bridgehead atoms. The highest BCUT2D eigenvalue weighted by molar-refractivity contribution is 6.54. The summed E-state index contributed by atoms with van der Waals surface area (Å²) >= 11 is 11.3. The van der Waals surface area contributed by atoms with Gasteiger partial charge in [0.05, 0.1) is 0 Å². The van der Waals surface area contributed by atoms with Crippen LogP contribution in [0.3, 0.4) is 0 Å². The van der Waals surface area contributed by atoms with Gasteiger partial charge in [-0.2, -0.15) is 0 Å². The van der Waals surface area contributed by atoms with Crippen LogP contribution >= 0.6 is 23.2 Å². The molecule has 59 valence electrons. The zero-order chi connectivity index (χ0) is 8.43. The van der Waals surface area contributed by atoms with E-state index in [1.54, 1.807) is 0 Å². The molecule has 0 N–H and O–H groups in total. The second-order valence-electron chi connectivity index (χ2n) is 2.51. The lowest BCUT2D eigenvalue weighted by Gasteiger charge is -2.06. The quantitative estimate of drug-likeness (QED) is 0.631. The highest BCUT2D eigenvalue weighted by atomic mass is 35.5. The molecule has 1 aromatic carbocycles. The Kier molecular flexibility index (Phi) is 2.80. The molecule has 0 saturated heterocycles. The molecule has 0 nitrogen and oxygen atoms in total. The van der Waals surface area contributed by atoms with Gasteiger partial charge in [0.1, 0.15) is 0 Å². The molecule has 1 rings (SSSR count). The normalized spacial score (nSPS) is 10.6. The summed E-state index contributed by atoms with van der Waals surface area (Å²) in [4.78, 5) is 0.339. The zero-order valence-corrected chi connectivity index (χ0v) is 8.00. The van der Waals surface area contributed by atoms with E-state index in [2.05, 4.69) is 0 Å². The Morgan fingerprint density at radius 3 is 2.27 bits per heavy atom. The molecule has 11 heavy (non-hydrogen) atoms. The van der Waals surface area contributed by atoms with Crippen molar-refractivity contribution in [3.63, 3.8) is 0 Å². The standard InChI is InChI=1S/C9H9Cl2/c1-6-4-3-5-8(7(6)2)9(10)11/h3-5H,1-2H3. The molecule has 0 spiro atoms. The Labute approximate surface area is 77.1 Å². The van der Waals surface area contributed by atoms with Crippen molar-refractivity contribution < 1.29 is 0 Å². The minimum atomic E-state index is 0.339. The van der Waals surface area contributed by atoms with E-state index in [-0.39, 0.29) is 0 Å². The van der Waals surface area contributed by atoms with Crippen molar-refractivity contribution in [3.8, 4) is 0 Å². The van der Waals surface area contributed by atoms with Crippen molar-refractivity contribution in [1.82, 2.24) is 0 Å². The number of hydrogen-bond acceptors (Lipinski definition) is 0. The van der Waals surface area contributed by atoms with E-state index in [0.29, 0.717) is 4.84 Å². The largest absolute Gasteiger partial charge is 0.180 e. The third kappa shape index (κ3) is 1.88. The molecule has 2 heteroatoms. The fourth-order valence-electron chi connectivity index (χ4n) is 0.956. The van der Waals surface area contributed by atoms with Crippen LogP contribution in [0.15, 0.2) is 18.2 Å². The van der Waals surface area contributed by atoms with E-state index < -0.39 is 0 Å². The maximum Gasteiger partial charge on any atom is 0.180 e. The number of aryl methyl sites for hydroxylation is 1. The smallest absolute Gasteiger partial charge is 0.0925 e. The fourth-order valence-corrected chi connectivity index (χ4v) is 1.37. The van der Waals surface area contributed by atoms with Gasteiger partial charge in [-0.25, -0.2) is 0 Å². The van der Waals surface area contributed by atoms with Gasteiger partial charge in [-0.3, -0.25) is 0 Å². The van der Waals surface area contributed by atoms with Gasteiger partial charge >= 0.3 is 0 Å². The maximum absolute atomic E-state index is 5.66. The predicted octanol–water partition coefficient (Wildman–Crippen LogP) is 3.62. The second kappa shape index (κ2) is 3.46. The van der Waals surface area contributed by atoms with Crippen LogP contribution in [0.5, 0.6) is 0 Å². The van der Waals surface area contributed by atoms with Gasteiger partial charge < -0.3 is 0 Å². The topological polar surface area (TPSA) is 0 Å². The Morgan fingerprint density at radius 2 is 1.82 bits per heavy atom. The van der Waals surface area contributed by atoms with Crippen molar-refractivity contribution in [1.29, 1.82) is 0 Å². The lowest BCUT2D eigenvalue weighted by atomic mass is 10.1. The maximum atomic E-state index is 5.66. The zero-order valence-electron chi connectivity index (χ0n) is 6.49. The average molecular weight is 188 g/mol. The summed E-state index contributed by atoms with van der Waals surface area (Å²) in [5.74, 6) is 0. The summed E-state index contributed by atoms with van der Waals surface area (Å²) in [5, 5.41) is 0. The molecule has 0 unspecified atom stereocenters. The van der Waals surface area contributed by atoms with Gasteiger partial charge in [0, 0.05) is 0 Å². The van der Waals surface area contributed by atoms with Crippen LogP contribution in [-0.2, 0) is 0 Å². The summed E-state index contributed by atoms with van der Waals surface area (Å²) < 4.78 is 0. The van der Waals surface area contributed by atoms with Crippen LogP contribution < -0.4 is 0 Å². The third-order valence-corrected chi connectivity index (χ3v) is 2.22. The van der Waals surface area contributed by atoms with Gasteiger partial charge in [-0.15, -0.1) is 0 Å². The molecule has 0 atom stereocenters. The Morgan fingerprint density at radius 1 is 1.18 bits per heavy atom. The van der Waals surface area contributed by atoms with E-state index in [1.807, 2.05) is 32.0 Å². The van der Waals surface area contributed by atoms with Crippen LogP contribution in [0, 0.1) is 18.7 Å². The molecule has 0 amide bonds. The average Bonchev–Trinajstić information content (AvgIpc) is 1.94. The lowest BCUT2D eigenvalue weighted by Crippen LogP contribution is -1.90. The van der Waals surface area contributed by atoms with Crippen LogP contribution in [0.1, 0.15) is 16.7 Å². The summed E-state index contributed by atoms with van der Waals surface area (Å²) in [7, 11) is 0. The lowest BCUT2D eigenvalue weighted by molar-refractivity contribution is 1.29. The molecule has 0 aliphatic rings. The van der Waals surface area contributed by atoms with Crippen LogP contribution in [-0.4, -0.2) is 0 Å². The van der Waals surface area contributed by atoms with Crippen molar-refractivity contribution >= 4 is 23.2 Å². The van der Waals surface area contributed by atoms with Gasteiger partial charge in [0.2, 0.25) is 0 Å². The number of benzene rings is 1. The first-order valence-corrected chi connectivity index (χ1v) is 4.13. The summed E-state index contributed by atoms with van der Waals surface area (Å²) in [6.45, 7) is 4.05. The predicted molar refractivity (Wildman–Crippen MR) is 50.0 cm³/mol. The molecule has 1 radical (unpaired) electrons.